The van der Waals surface area contributed by atoms with Crippen molar-refractivity contribution >= 4 is 6.03 Å². The molecule has 2 fully saturated rings. The third kappa shape index (κ3) is 3.46. The highest BCUT2D eigenvalue weighted by Gasteiger charge is 2.23. The monoisotopic (exact) mass is 237 g/mol. The molecule has 0 bridgehead atoms. The Morgan fingerprint density at radius 2 is 1.88 bits per heavy atom. The van der Waals surface area contributed by atoms with E-state index in [9.17, 15) is 4.79 Å². The Hall–Kier alpha value is -1.03. The average molecular weight is 237 g/mol. The highest BCUT2D eigenvalue weighted by Crippen LogP contribution is 2.12. The number of nitrogens with one attached hydrogen (secondary N) is 1. The second kappa shape index (κ2) is 6.05. The van der Waals surface area contributed by atoms with Gasteiger partial charge in [0.25, 0.3) is 0 Å². The van der Waals surface area contributed by atoms with Crippen molar-refractivity contribution in [2.75, 3.05) is 32.7 Å². The van der Waals surface area contributed by atoms with Crippen molar-refractivity contribution in [1.29, 1.82) is 0 Å². The standard InChI is InChI=1S/C13H23N3O/c1-2-7-15-10-5-12(6-11-15)14-13(17)16-8-3-4-9-16/h2,12H,1,3-11H2,(H,14,17). The smallest absolute Gasteiger partial charge is 0.317 e. The molecule has 0 unspecified atom stereocenters. The van der Waals surface area contributed by atoms with Crippen LogP contribution in [-0.4, -0.2) is 54.6 Å². The lowest BCUT2D eigenvalue weighted by atomic mass is 10.1. The van der Waals surface area contributed by atoms with Crippen molar-refractivity contribution in [2.45, 2.75) is 31.7 Å². The van der Waals surface area contributed by atoms with E-state index in [-0.39, 0.29) is 6.03 Å². The van der Waals surface area contributed by atoms with Crippen LogP contribution in [0, 0.1) is 0 Å². The third-order valence-corrected chi connectivity index (χ3v) is 3.70. The Bertz CT molecular complexity index is 266. The van der Waals surface area contributed by atoms with Crippen molar-refractivity contribution in [3.05, 3.63) is 12.7 Å². The number of likely N-dealkylation sites (tertiary alicyclic amines) is 2. The number of carbonyl (C=O) groups excluding carboxylic acids is 1. The van der Waals surface area contributed by atoms with Crippen LogP contribution in [0.5, 0.6) is 0 Å². The summed E-state index contributed by atoms with van der Waals surface area (Å²) in [5.41, 5.74) is 0. The molecule has 2 rings (SSSR count). The lowest BCUT2D eigenvalue weighted by Crippen LogP contribution is -2.48. The third-order valence-electron chi connectivity index (χ3n) is 3.70. The maximum absolute atomic E-state index is 11.9. The summed E-state index contributed by atoms with van der Waals surface area (Å²) >= 11 is 0. The summed E-state index contributed by atoms with van der Waals surface area (Å²) in [6.45, 7) is 8.72. The van der Waals surface area contributed by atoms with Crippen LogP contribution < -0.4 is 5.32 Å². The summed E-state index contributed by atoms with van der Waals surface area (Å²) in [6.07, 6.45) is 6.39. The van der Waals surface area contributed by atoms with Gasteiger partial charge in [-0.2, -0.15) is 0 Å². The molecule has 0 saturated carbocycles. The van der Waals surface area contributed by atoms with Gasteiger partial charge in [0, 0.05) is 38.8 Å². The summed E-state index contributed by atoms with van der Waals surface area (Å²) in [5.74, 6) is 0. The molecular weight excluding hydrogens is 214 g/mol. The zero-order valence-corrected chi connectivity index (χ0v) is 10.5. The number of rotatable bonds is 3. The molecule has 0 aromatic heterocycles. The molecule has 96 valence electrons. The van der Waals surface area contributed by atoms with Crippen LogP contribution in [-0.2, 0) is 0 Å². The Morgan fingerprint density at radius 3 is 2.47 bits per heavy atom. The largest absolute Gasteiger partial charge is 0.335 e. The lowest BCUT2D eigenvalue weighted by molar-refractivity contribution is 0.184. The predicted molar refractivity (Wildman–Crippen MR) is 69.0 cm³/mol. The fourth-order valence-corrected chi connectivity index (χ4v) is 2.63. The highest BCUT2D eigenvalue weighted by atomic mass is 16.2. The number of urea groups is 1. The van der Waals surface area contributed by atoms with Crippen LogP contribution in [0.3, 0.4) is 0 Å². The minimum absolute atomic E-state index is 0.143. The van der Waals surface area contributed by atoms with Gasteiger partial charge in [0.15, 0.2) is 0 Å². The number of carbonyl (C=O) groups is 1. The van der Waals surface area contributed by atoms with Crippen molar-refractivity contribution in [1.82, 2.24) is 15.1 Å². The summed E-state index contributed by atoms with van der Waals surface area (Å²) < 4.78 is 0. The van der Waals surface area contributed by atoms with Crippen LogP contribution in [0.2, 0.25) is 0 Å². The van der Waals surface area contributed by atoms with Gasteiger partial charge >= 0.3 is 6.03 Å². The van der Waals surface area contributed by atoms with Gasteiger partial charge in [0.05, 0.1) is 0 Å². The fraction of sp³-hybridized carbons (Fsp3) is 0.769. The first-order valence-corrected chi connectivity index (χ1v) is 6.68. The molecule has 2 heterocycles. The van der Waals surface area contributed by atoms with Crippen molar-refractivity contribution in [2.24, 2.45) is 0 Å². The van der Waals surface area contributed by atoms with Gasteiger partial charge in [-0.15, -0.1) is 6.58 Å². The zero-order chi connectivity index (χ0) is 12.1. The van der Waals surface area contributed by atoms with Gasteiger partial charge < -0.3 is 10.2 Å². The number of hydrogen-bond donors (Lipinski definition) is 1. The van der Waals surface area contributed by atoms with Crippen molar-refractivity contribution in [3.63, 3.8) is 0 Å². The Labute approximate surface area is 104 Å². The van der Waals surface area contributed by atoms with Crippen molar-refractivity contribution in [3.8, 4) is 0 Å². The molecule has 4 nitrogen and oxygen atoms in total. The van der Waals surface area contributed by atoms with E-state index in [1.807, 2.05) is 11.0 Å². The molecule has 1 N–H and O–H groups in total. The molecule has 2 aliphatic rings. The number of piperidine rings is 1. The van der Waals surface area contributed by atoms with E-state index < -0.39 is 0 Å². The Morgan fingerprint density at radius 1 is 1.24 bits per heavy atom. The van der Waals surface area contributed by atoms with Gasteiger partial charge in [-0.3, -0.25) is 4.90 Å². The second-order valence-corrected chi connectivity index (χ2v) is 5.01. The first-order chi connectivity index (χ1) is 8.29. The minimum Gasteiger partial charge on any atom is -0.335 e. The van der Waals surface area contributed by atoms with E-state index in [2.05, 4.69) is 16.8 Å². The maximum Gasteiger partial charge on any atom is 0.317 e. The molecule has 0 aromatic rings. The molecule has 2 aliphatic heterocycles. The predicted octanol–water partition coefficient (Wildman–Crippen LogP) is 1.44. The molecule has 4 heteroatoms. The number of hydrogen-bond acceptors (Lipinski definition) is 2. The summed E-state index contributed by atoms with van der Waals surface area (Å²) in [4.78, 5) is 16.2. The normalized spacial score (nSPS) is 22.7. The lowest BCUT2D eigenvalue weighted by Gasteiger charge is -2.32. The molecular formula is C13H23N3O. The fourth-order valence-electron chi connectivity index (χ4n) is 2.63. The molecule has 0 aliphatic carbocycles. The molecule has 17 heavy (non-hydrogen) atoms. The summed E-state index contributed by atoms with van der Waals surface area (Å²) in [5, 5.41) is 3.16. The molecule has 0 aromatic carbocycles. The number of nitrogens with zero attached hydrogens (tertiary/aromatic N) is 2. The highest BCUT2D eigenvalue weighted by molar-refractivity contribution is 5.74. The average Bonchev–Trinajstić information content (AvgIpc) is 2.86. The molecule has 0 spiro atoms. The maximum atomic E-state index is 11.9. The van der Waals surface area contributed by atoms with Crippen LogP contribution in [0.25, 0.3) is 0 Å². The second-order valence-electron chi connectivity index (χ2n) is 5.01. The first-order valence-electron chi connectivity index (χ1n) is 6.68. The van der Waals surface area contributed by atoms with Gasteiger partial charge in [-0.1, -0.05) is 6.08 Å². The van der Waals surface area contributed by atoms with Crippen molar-refractivity contribution < 1.29 is 4.79 Å². The number of amides is 2. The summed E-state index contributed by atoms with van der Waals surface area (Å²) in [7, 11) is 0. The van der Waals surface area contributed by atoms with Gasteiger partial charge in [-0.05, 0) is 25.7 Å². The van der Waals surface area contributed by atoms with Gasteiger partial charge in [-0.25, -0.2) is 4.79 Å². The van der Waals surface area contributed by atoms with E-state index in [1.165, 1.54) is 0 Å². The van der Waals surface area contributed by atoms with Crippen LogP contribution >= 0.6 is 0 Å². The minimum atomic E-state index is 0.143. The van der Waals surface area contributed by atoms with E-state index in [0.29, 0.717) is 6.04 Å². The molecule has 2 saturated heterocycles. The Balaban J connectivity index is 1.70. The first kappa shape index (κ1) is 12.4. The quantitative estimate of drug-likeness (QED) is 0.754. The Kier molecular flexibility index (Phi) is 4.42. The topological polar surface area (TPSA) is 35.6 Å². The molecule has 0 radical (unpaired) electrons. The van der Waals surface area contributed by atoms with Gasteiger partial charge in [0.1, 0.15) is 0 Å². The molecule has 2 amide bonds. The zero-order valence-electron chi connectivity index (χ0n) is 10.5. The van der Waals surface area contributed by atoms with Crippen LogP contribution in [0.15, 0.2) is 12.7 Å². The van der Waals surface area contributed by atoms with E-state index in [1.54, 1.807) is 0 Å². The van der Waals surface area contributed by atoms with Crippen LogP contribution in [0.4, 0.5) is 4.79 Å². The molecule has 0 atom stereocenters. The van der Waals surface area contributed by atoms with Crippen LogP contribution in [0.1, 0.15) is 25.7 Å². The van der Waals surface area contributed by atoms with E-state index >= 15 is 0 Å². The van der Waals surface area contributed by atoms with E-state index in [4.69, 9.17) is 0 Å². The SMILES string of the molecule is C=CCN1CCC(NC(=O)N2CCCC2)CC1. The van der Waals surface area contributed by atoms with E-state index in [0.717, 1.165) is 58.4 Å². The summed E-state index contributed by atoms with van der Waals surface area (Å²) in [6, 6.07) is 0.508. The van der Waals surface area contributed by atoms with Gasteiger partial charge in [0.2, 0.25) is 0 Å².